The van der Waals surface area contributed by atoms with Gasteiger partial charge in [-0.15, -0.1) is 11.3 Å². The summed E-state index contributed by atoms with van der Waals surface area (Å²) in [6.45, 7) is 4.01. The molecule has 1 fully saturated rings. The summed E-state index contributed by atoms with van der Waals surface area (Å²) in [6.07, 6.45) is 3.89. The quantitative estimate of drug-likeness (QED) is 0.456. The third-order valence-electron chi connectivity index (χ3n) is 6.05. The van der Waals surface area contributed by atoms with E-state index in [4.69, 9.17) is 4.98 Å². The van der Waals surface area contributed by atoms with Gasteiger partial charge in [0.05, 0.1) is 16.5 Å². The van der Waals surface area contributed by atoms with E-state index in [1.165, 1.54) is 41.7 Å². The Hall–Kier alpha value is -3.03. The van der Waals surface area contributed by atoms with Crippen molar-refractivity contribution in [2.45, 2.75) is 38.9 Å². The largest absolute Gasteiger partial charge is 0.350 e. The van der Waals surface area contributed by atoms with Crippen molar-refractivity contribution >= 4 is 28.3 Å². The van der Waals surface area contributed by atoms with Crippen molar-refractivity contribution in [3.63, 3.8) is 0 Å². The lowest BCUT2D eigenvalue weighted by Gasteiger charge is -2.27. The maximum Gasteiger partial charge on any atom is 0.240 e. The van der Waals surface area contributed by atoms with Gasteiger partial charge < -0.3 is 9.88 Å². The van der Waals surface area contributed by atoms with Crippen LogP contribution in [0.4, 0.5) is 0 Å². The molecule has 2 aromatic heterocycles. The van der Waals surface area contributed by atoms with E-state index in [2.05, 4.69) is 33.4 Å². The van der Waals surface area contributed by atoms with Crippen LogP contribution in [0.1, 0.15) is 30.4 Å². The number of aromatic nitrogens is 3. The molecule has 0 radical (unpaired) electrons. The van der Waals surface area contributed by atoms with Gasteiger partial charge in [-0.3, -0.25) is 9.69 Å². The van der Waals surface area contributed by atoms with E-state index in [0.29, 0.717) is 6.54 Å². The van der Waals surface area contributed by atoms with E-state index < -0.39 is 0 Å². The summed E-state index contributed by atoms with van der Waals surface area (Å²) in [5, 5.41) is 5.09. The van der Waals surface area contributed by atoms with Crippen LogP contribution in [0.25, 0.3) is 22.6 Å². The summed E-state index contributed by atoms with van der Waals surface area (Å²) in [5.74, 6) is 0.700. The molecule has 1 saturated heterocycles. The molecule has 3 heterocycles. The van der Waals surface area contributed by atoms with E-state index in [1.54, 1.807) is 5.51 Å². The lowest BCUT2D eigenvalue weighted by Crippen LogP contribution is -2.31. The molecule has 164 valence electrons. The number of hydrogen-bond donors (Lipinski definition) is 1. The highest BCUT2D eigenvalue weighted by atomic mass is 32.1. The van der Waals surface area contributed by atoms with Crippen molar-refractivity contribution < 1.29 is 4.79 Å². The second kappa shape index (κ2) is 9.63. The summed E-state index contributed by atoms with van der Waals surface area (Å²) in [6, 6.07) is 16.3. The van der Waals surface area contributed by atoms with Crippen LogP contribution in [-0.2, 0) is 24.4 Å². The SMILES string of the molecule is O=C(Cn1c(-c2cscn2)nc2ccccc21)NCc1ccccc1CN1CCCCC1. The molecule has 5 rings (SSSR count). The Kier molecular flexibility index (Phi) is 6.27. The van der Waals surface area contributed by atoms with Gasteiger partial charge in [0.25, 0.3) is 0 Å². The molecule has 1 amide bonds. The van der Waals surface area contributed by atoms with Gasteiger partial charge in [-0.1, -0.05) is 42.8 Å². The number of fused-ring (bicyclic) bond motifs is 1. The van der Waals surface area contributed by atoms with Gasteiger partial charge in [-0.05, 0) is 49.2 Å². The molecule has 6 nitrogen and oxygen atoms in total. The van der Waals surface area contributed by atoms with Gasteiger partial charge in [-0.2, -0.15) is 0 Å². The molecule has 0 saturated carbocycles. The van der Waals surface area contributed by atoms with Crippen LogP contribution < -0.4 is 5.32 Å². The predicted molar refractivity (Wildman–Crippen MR) is 128 cm³/mol. The molecule has 1 N–H and O–H groups in total. The monoisotopic (exact) mass is 445 g/mol. The number of imidazole rings is 1. The first-order valence-electron chi connectivity index (χ1n) is 11.2. The number of carbonyl (C=O) groups is 1. The molecule has 1 aliphatic rings. The number of carbonyl (C=O) groups excluding carboxylic acids is 1. The van der Waals surface area contributed by atoms with E-state index in [-0.39, 0.29) is 12.5 Å². The topological polar surface area (TPSA) is 63.1 Å². The molecule has 0 spiro atoms. The first-order chi connectivity index (χ1) is 15.8. The van der Waals surface area contributed by atoms with Crippen LogP contribution in [0.5, 0.6) is 0 Å². The summed E-state index contributed by atoms with van der Waals surface area (Å²) < 4.78 is 1.96. The van der Waals surface area contributed by atoms with Crippen LogP contribution >= 0.6 is 11.3 Å². The average Bonchev–Trinajstić information content (AvgIpc) is 3.48. The van der Waals surface area contributed by atoms with E-state index >= 15 is 0 Å². The highest BCUT2D eigenvalue weighted by Crippen LogP contribution is 2.24. The van der Waals surface area contributed by atoms with Crippen molar-refractivity contribution in [2.75, 3.05) is 13.1 Å². The zero-order chi connectivity index (χ0) is 21.8. The normalized spacial score (nSPS) is 14.6. The Bertz CT molecular complexity index is 1190. The molecular weight excluding hydrogens is 418 g/mol. The predicted octanol–water partition coefficient (Wildman–Crippen LogP) is 4.46. The van der Waals surface area contributed by atoms with Crippen molar-refractivity contribution in [2.24, 2.45) is 0 Å². The van der Waals surface area contributed by atoms with E-state index in [9.17, 15) is 4.79 Å². The second-order valence-corrected chi connectivity index (χ2v) is 8.98. The summed E-state index contributed by atoms with van der Waals surface area (Å²) in [5.41, 5.74) is 6.88. The maximum absolute atomic E-state index is 13.0. The minimum atomic E-state index is -0.0302. The van der Waals surface area contributed by atoms with Gasteiger partial charge in [0.2, 0.25) is 5.91 Å². The molecule has 4 aromatic rings. The molecule has 0 atom stereocenters. The highest BCUT2D eigenvalue weighted by molar-refractivity contribution is 7.07. The Balaban J connectivity index is 1.30. The number of para-hydroxylation sites is 2. The number of likely N-dealkylation sites (tertiary alicyclic amines) is 1. The lowest BCUT2D eigenvalue weighted by molar-refractivity contribution is -0.121. The molecule has 7 heteroatoms. The molecule has 1 aliphatic heterocycles. The number of benzene rings is 2. The minimum absolute atomic E-state index is 0.0302. The Morgan fingerprint density at radius 1 is 1.00 bits per heavy atom. The van der Waals surface area contributed by atoms with Crippen molar-refractivity contribution in [1.82, 2.24) is 24.8 Å². The molecule has 32 heavy (non-hydrogen) atoms. The summed E-state index contributed by atoms with van der Waals surface area (Å²) in [7, 11) is 0. The van der Waals surface area contributed by atoms with Gasteiger partial charge in [0, 0.05) is 18.5 Å². The average molecular weight is 446 g/mol. The van der Waals surface area contributed by atoms with Gasteiger partial charge in [0.15, 0.2) is 5.82 Å². The second-order valence-electron chi connectivity index (χ2n) is 8.27. The third kappa shape index (κ3) is 4.59. The summed E-state index contributed by atoms with van der Waals surface area (Å²) in [4.78, 5) is 24.6. The van der Waals surface area contributed by atoms with E-state index in [1.807, 2.05) is 40.3 Å². The fourth-order valence-corrected chi connectivity index (χ4v) is 4.92. The third-order valence-corrected chi connectivity index (χ3v) is 6.64. The van der Waals surface area contributed by atoms with Crippen molar-refractivity contribution in [3.05, 3.63) is 70.5 Å². The fraction of sp³-hybridized carbons (Fsp3) is 0.320. The van der Waals surface area contributed by atoms with E-state index in [0.717, 1.165) is 42.2 Å². The molecule has 2 aromatic carbocycles. The number of amides is 1. The molecule has 0 unspecified atom stereocenters. The fourth-order valence-electron chi connectivity index (χ4n) is 4.39. The number of nitrogens with one attached hydrogen (secondary N) is 1. The number of rotatable bonds is 7. The Morgan fingerprint density at radius 2 is 1.78 bits per heavy atom. The van der Waals surface area contributed by atoms with Gasteiger partial charge in [0.1, 0.15) is 12.2 Å². The van der Waals surface area contributed by atoms with Gasteiger partial charge >= 0.3 is 0 Å². The lowest BCUT2D eigenvalue weighted by atomic mass is 10.0. The number of piperidine rings is 1. The van der Waals surface area contributed by atoms with Crippen molar-refractivity contribution in [1.29, 1.82) is 0 Å². The molecule has 0 bridgehead atoms. The van der Waals surface area contributed by atoms with Crippen LogP contribution in [0, 0.1) is 0 Å². The first kappa shape index (κ1) is 20.8. The molecule has 0 aliphatic carbocycles. The Morgan fingerprint density at radius 3 is 2.59 bits per heavy atom. The van der Waals surface area contributed by atoms with Crippen LogP contribution in [0.3, 0.4) is 0 Å². The minimum Gasteiger partial charge on any atom is -0.350 e. The Labute approximate surface area is 191 Å². The van der Waals surface area contributed by atoms with Crippen LogP contribution in [0.2, 0.25) is 0 Å². The smallest absolute Gasteiger partial charge is 0.240 e. The summed E-state index contributed by atoms with van der Waals surface area (Å²) >= 11 is 1.53. The number of hydrogen-bond acceptors (Lipinski definition) is 5. The zero-order valence-electron chi connectivity index (χ0n) is 18.0. The zero-order valence-corrected chi connectivity index (χ0v) is 18.9. The number of thiazole rings is 1. The highest BCUT2D eigenvalue weighted by Gasteiger charge is 2.17. The first-order valence-corrected chi connectivity index (χ1v) is 12.1. The molecular formula is C25H27N5OS. The van der Waals surface area contributed by atoms with Gasteiger partial charge in [-0.25, -0.2) is 9.97 Å². The standard InChI is InChI=1S/C25H27N5OS/c31-24(26-14-19-8-2-3-9-20(19)15-29-12-6-1-7-13-29)16-30-23-11-5-4-10-21(23)28-25(30)22-17-32-18-27-22/h2-5,8-11,17-18H,1,6-7,12-16H2,(H,26,31). The van der Waals surface area contributed by atoms with Crippen LogP contribution in [-0.4, -0.2) is 38.4 Å². The maximum atomic E-state index is 13.0. The van der Waals surface area contributed by atoms with Crippen LogP contribution in [0.15, 0.2) is 59.4 Å². The number of nitrogens with zero attached hydrogens (tertiary/aromatic N) is 4. The van der Waals surface area contributed by atoms with Crippen molar-refractivity contribution in [3.8, 4) is 11.5 Å².